The van der Waals surface area contributed by atoms with Crippen LogP contribution >= 0.6 is 11.3 Å². The second kappa shape index (κ2) is 6.92. The molecule has 1 saturated heterocycles. The fourth-order valence-electron chi connectivity index (χ4n) is 2.71. The van der Waals surface area contributed by atoms with Gasteiger partial charge in [-0.2, -0.15) is 13.2 Å². The molecule has 1 unspecified atom stereocenters. The Balaban J connectivity index is 1.63. The van der Waals surface area contributed by atoms with Crippen LogP contribution in [0, 0.1) is 12.8 Å². The molecule has 1 aliphatic heterocycles. The lowest BCUT2D eigenvalue weighted by Crippen LogP contribution is -2.37. The van der Waals surface area contributed by atoms with Crippen LogP contribution in [0.5, 0.6) is 5.88 Å². The van der Waals surface area contributed by atoms with Crippen molar-refractivity contribution in [1.29, 1.82) is 0 Å². The summed E-state index contributed by atoms with van der Waals surface area (Å²) in [5, 5.41) is 9.89. The zero-order valence-electron chi connectivity index (χ0n) is 13.1. The van der Waals surface area contributed by atoms with Gasteiger partial charge in [0.15, 0.2) is 0 Å². The van der Waals surface area contributed by atoms with E-state index in [1.54, 1.807) is 0 Å². The molecule has 0 aromatic carbocycles. The third-order valence-corrected chi connectivity index (χ3v) is 4.74. The largest absolute Gasteiger partial charge is 0.477 e. The Bertz CT molecular complexity index is 691. The number of halogens is 3. The average Bonchev–Trinajstić information content (AvgIpc) is 2.99. The zero-order valence-corrected chi connectivity index (χ0v) is 13.9. The van der Waals surface area contributed by atoms with E-state index in [4.69, 9.17) is 4.74 Å². The number of nitrogens with zero attached hydrogens (tertiary/aromatic N) is 4. The van der Waals surface area contributed by atoms with Crippen molar-refractivity contribution in [1.82, 2.24) is 15.2 Å². The SMILES string of the molecule is Cc1nnc(N2CCCC(COc3ncccc3C(F)(F)F)C2)s1. The number of hydrogen-bond donors (Lipinski definition) is 0. The third-order valence-electron chi connectivity index (χ3n) is 3.84. The molecule has 9 heteroatoms. The summed E-state index contributed by atoms with van der Waals surface area (Å²) in [6.07, 6.45) is -1.31. The lowest BCUT2D eigenvalue weighted by molar-refractivity contribution is -0.139. The first-order valence-electron chi connectivity index (χ1n) is 7.63. The van der Waals surface area contributed by atoms with Gasteiger partial charge in [-0.1, -0.05) is 11.3 Å². The summed E-state index contributed by atoms with van der Waals surface area (Å²) >= 11 is 1.52. The Morgan fingerprint density at radius 1 is 1.38 bits per heavy atom. The van der Waals surface area contributed by atoms with Crippen LogP contribution in [0.4, 0.5) is 18.3 Å². The van der Waals surface area contributed by atoms with E-state index in [1.807, 2.05) is 6.92 Å². The van der Waals surface area contributed by atoms with Gasteiger partial charge in [-0.25, -0.2) is 4.98 Å². The molecular formula is C15H17F3N4OS. The minimum Gasteiger partial charge on any atom is -0.477 e. The number of aryl methyl sites for hydroxylation is 1. The van der Waals surface area contributed by atoms with Crippen LogP contribution in [0.25, 0.3) is 0 Å². The van der Waals surface area contributed by atoms with Crippen LogP contribution in [-0.2, 0) is 6.18 Å². The molecule has 3 rings (SSSR count). The lowest BCUT2D eigenvalue weighted by atomic mass is 9.99. The zero-order chi connectivity index (χ0) is 17.2. The predicted molar refractivity (Wildman–Crippen MR) is 84.3 cm³/mol. The number of ether oxygens (including phenoxy) is 1. The minimum absolute atomic E-state index is 0.131. The van der Waals surface area contributed by atoms with Crippen molar-refractivity contribution >= 4 is 16.5 Å². The topological polar surface area (TPSA) is 51.1 Å². The van der Waals surface area contributed by atoms with Crippen LogP contribution < -0.4 is 9.64 Å². The van der Waals surface area contributed by atoms with Crippen molar-refractivity contribution in [3.8, 4) is 5.88 Å². The van der Waals surface area contributed by atoms with E-state index in [-0.39, 0.29) is 18.4 Å². The maximum absolute atomic E-state index is 13.0. The van der Waals surface area contributed by atoms with Crippen molar-refractivity contribution in [2.45, 2.75) is 25.9 Å². The fraction of sp³-hybridized carbons (Fsp3) is 0.533. The summed E-state index contributed by atoms with van der Waals surface area (Å²) in [6.45, 7) is 3.67. The van der Waals surface area contributed by atoms with E-state index in [0.717, 1.165) is 35.6 Å². The normalized spacial score (nSPS) is 18.7. The molecule has 0 saturated carbocycles. The molecule has 1 atom stereocenters. The van der Waals surface area contributed by atoms with Gasteiger partial charge in [0.05, 0.1) is 6.61 Å². The molecule has 2 aromatic rings. The molecule has 5 nitrogen and oxygen atoms in total. The predicted octanol–water partition coefficient (Wildman–Crippen LogP) is 3.56. The Morgan fingerprint density at radius 3 is 2.92 bits per heavy atom. The van der Waals surface area contributed by atoms with Gasteiger partial charge in [0.25, 0.3) is 0 Å². The molecule has 0 amide bonds. The highest BCUT2D eigenvalue weighted by Gasteiger charge is 2.35. The third kappa shape index (κ3) is 3.95. The number of hydrogen-bond acceptors (Lipinski definition) is 6. The van der Waals surface area contributed by atoms with Gasteiger partial charge in [-0.05, 0) is 31.9 Å². The van der Waals surface area contributed by atoms with Gasteiger partial charge in [0, 0.05) is 25.2 Å². The van der Waals surface area contributed by atoms with Gasteiger partial charge < -0.3 is 9.64 Å². The van der Waals surface area contributed by atoms with Crippen LogP contribution in [-0.4, -0.2) is 34.9 Å². The number of rotatable bonds is 4. The molecule has 130 valence electrons. The minimum atomic E-state index is -4.47. The van der Waals surface area contributed by atoms with Crippen LogP contribution in [0.3, 0.4) is 0 Å². The van der Waals surface area contributed by atoms with E-state index in [9.17, 15) is 13.2 Å². The van der Waals surface area contributed by atoms with E-state index in [2.05, 4.69) is 20.1 Å². The van der Waals surface area contributed by atoms with Gasteiger partial charge in [-0.15, -0.1) is 10.2 Å². The number of anilines is 1. The first-order chi connectivity index (χ1) is 11.4. The standard InChI is InChI=1S/C15H17F3N4OS/c1-10-20-21-14(24-10)22-7-3-4-11(8-22)9-23-13-12(15(16,17)18)5-2-6-19-13/h2,5-6,11H,3-4,7-9H2,1H3. The summed E-state index contributed by atoms with van der Waals surface area (Å²) in [7, 11) is 0. The fourth-order valence-corrected chi connectivity index (χ4v) is 3.43. The summed E-state index contributed by atoms with van der Waals surface area (Å²) in [6, 6.07) is 2.25. The number of piperidine rings is 1. The molecule has 1 aliphatic rings. The Kier molecular flexibility index (Phi) is 4.88. The summed E-state index contributed by atoms with van der Waals surface area (Å²) in [4.78, 5) is 5.85. The molecule has 24 heavy (non-hydrogen) atoms. The number of aromatic nitrogens is 3. The molecule has 0 spiro atoms. The summed E-state index contributed by atoms with van der Waals surface area (Å²) in [5.41, 5.74) is -0.836. The van der Waals surface area contributed by atoms with Crippen molar-refractivity contribution in [3.63, 3.8) is 0 Å². The van der Waals surface area contributed by atoms with Crippen molar-refractivity contribution in [3.05, 3.63) is 28.9 Å². The summed E-state index contributed by atoms with van der Waals surface area (Å²) in [5.74, 6) is -0.222. The molecule has 3 heterocycles. The van der Waals surface area contributed by atoms with Gasteiger partial charge in [0.2, 0.25) is 11.0 Å². The molecule has 2 aromatic heterocycles. The first-order valence-corrected chi connectivity index (χ1v) is 8.45. The Labute approximate surface area is 141 Å². The molecule has 0 bridgehead atoms. The Morgan fingerprint density at radius 2 is 2.21 bits per heavy atom. The lowest BCUT2D eigenvalue weighted by Gasteiger charge is -2.32. The average molecular weight is 358 g/mol. The van der Waals surface area contributed by atoms with Crippen LogP contribution in [0.15, 0.2) is 18.3 Å². The van der Waals surface area contributed by atoms with Gasteiger partial charge >= 0.3 is 6.18 Å². The molecular weight excluding hydrogens is 341 g/mol. The quantitative estimate of drug-likeness (QED) is 0.837. The van der Waals surface area contributed by atoms with Gasteiger partial charge in [-0.3, -0.25) is 0 Å². The van der Waals surface area contributed by atoms with Gasteiger partial charge in [0.1, 0.15) is 10.6 Å². The maximum Gasteiger partial charge on any atom is 0.421 e. The van der Waals surface area contributed by atoms with E-state index in [0.29, 0.717) is 6.54 Å². The van der Waals surface area contributed by atoms with Crippen LogP contribution in [0.1, 0.15) is 23.4 Å². The Hall–Kier alpha value is -1.90. The molecule has 0 radical (unpaired) electrons. The smallest absolute Gasteiger partial charge is 0.421 e. The maximum atomic E-state index is 13.0. The number of alkyl halides is 3. The monoisotopic (exact) mass is 358 g/mol. The second-order valence-corrected chi connectivity index (χ2v) is 6.88. The highest BCUT2D eigenvalue weighted by atomic mass is 32.1. The van der Waals surface area contributed by atoms with E-state index in [1.165, 1.54) is 23.6 Å². The van der Waals surface area contributed by atoms with Crippen LogP contribution in [0.2, 0.25) is 0 Å². The molecule has 0 aliphatic carbocycles. The number of pyridine rings is 1. The molecule has 0 N–H and O–H groups in total. The van der Waals surface area contributed by atoms with E-state index < -0.39 is 11.7 Å². The van der Waals surface area contributed by atoms with Crippen molar-refractivity contribution in [2.24, 2.45) is 5.92 Å². The summed E-state index contributed by atoms with van der Waals surface area (Å²) < 4.78 is 44.3. The highest BCUT2D eigenvalue weighted by molar-refractivity contribution is 7.15. The van der Waals surface area contributed by atoms with Crippen molar-refractivity contribution < 1.29 is 17.9 Å². The first kappa shape index (κ1) is 16.9. The second-order valence-electron chi connectivity index (χ2n) is 5.72. The molecule has 1 fully saturated rings. The van der Waals surface area contributed by atoms with E-state index >= 15 is 0 Å². The highest BCUT2D eigenvalue weighted by Crippen LogP contribution is 2.35. The van der Waals surface area contributed by atoms with Crippen molar-refractivity contribution in [2.75, 3.05) is 24.6 Å².